The Morgan fingerprint density at radius 3 is 2.72 bits per heavy atom. The maximum absolute atomic E-state index is 12.7. The zero-order valence-electron chi connectivity index (χ0n) is 23.6. The summed E-state index contributed by atoms with van der Waals surface area (Å²) in [5, 5.41) is 9.92. The number of aromatic amines is 1. The fourth-order valence-electron chi connectivity index (χ4n) is 5.89. The number of hydrogen-bond donors (Lipinski definition) is 4. The zero-order valence-corrected chi connectivity index (χ0v) is 23.6. The number of rotatable bonds is 6. The van der Waals surface area contributed by atoms with Crippen LogP contribution >= 0.6 is 0 Å². The van der Waals surface area contributed by atoms with Gasteiger partial charge in [0.1, 0.15) is 17.5 Å². The third-order valence-electron chi connectivity index (χ3n) is 8.22. The van der Waals surface area contributed by atoms with Gasteiger partial charge in [0.2, 0.25) is 5.91 Å². The van der Waals surface area contributed by atoms with Crippen LogP contribution in [0.4, 0.5) is 17.1 Å². The van der Waals surface area contributed by atoms with Crippen molar-refractivity contribution in [2.45, 2.75) is 12.6 Å². The summed E-state index contributed by atoms with van der Waals surface area (Å²) < 4.78 is 0. The van der Waals surface area contributed by atoms with Crippen molar-refractivity contribution >= 4 is 39.7 Å². The molecule has 0 bridgehead atoms. The highest BCUT2D eigenvalue weighted by atomic mass is 16.1. The Kier molecular flexibility index (Phi) is 6.04. The van der Waals surface area contributed by atoms with Gasteiger partial charge >= 0.3 is 0 Å². The third kappa shape index (κ3) is 4.83. The number of carbonyl (C=O) groups excluding carboxylic acids is 1. The summed E-state index contributed by atoms with van der Waals surface area (Å²) in [5.41, 5.74) is 9.91. The number of imidazole rings is 1. The minimum Gasteiger partial charge on any atom is -0.367 e. The van der Waals surface area contributed by atoms with Crippen LogP contribution in [0.15, 0.2) is 79.0 Å². The summed E-state index contributed by atoms with van der Waals surface area (Å²) in [5.74, 6) is 0.675. The lowest BCUT2D eigenvalue weighted by Gasteiger charge is -2.34. The number of piperazine rings is 1. The Labute approximate surface area is 248 Å². The van der Waals surface area contributed by atoms with Gasteiger partial charge in [0.05, 0.1) is 47.3 Å². The van der Waals surface area contributed by atoms with E-state index in [4.69, 9.17) is 9.97 Å². The lowest BCUT2D eigenvalue weighted by molar-refractivity contribution is -0.115. The molecule has 0 saturated carbocycles. The van der Waals surface area contributed by atoms with Gasteiger partial charge in [-0.2, -0.15) is 0 Å². The highest BCUT2D eigenvalue weighted by Gasteiger charge is 2.40. The second-order valence-corrected chi connectivity index (χ2v) is 11.2. The van der Waals surface area contributed by atoms with Gasteiger partial charge in [-0.25, -0.2) is 9.97 Å². The number of anilines is 3. The van der Waals surface area contributed by atoms with Crippen molar-refractivity contribution in [3.05, 3.63) is 96.0 Å². The van der Waals surface area contributed by atoms with Crippen LogP contribution < -0.4 is 20.9 Å². The van der Waals surface area contributed by atoms with Crippen LogP contribution in [0.3, 0.4) is 0 Å². The largest absolute Gasteiger partial charge is 0.367 e. The first-order chi connectivity index (χ1) is 21.1. The van der Waals surface area contributed by atoms with Crippen LogP contribution in [0, 0.1) is 0 Å². The van der Waals surface area contributed by atoms with E-state index in [-0.39, 0.29) is 12.1 Å². The van der Waals surface area contributed by atoms with E-state index < -0.39 is 0 Å². The Bertz CT molecular complexity index is 1890. The second kappa shape index (κ2) is 10.2. The molecule has 214 valence electrons. The average molecular weight is 571 g/mol. The molecule has 0 spiro atoms. The highest BCUT2D eigenvalue weighted by Crippen LogP contribution is 2.42. The Balaban J connectivity index is 1.11. The molecule has 2 saturated heterocycles. The van der Waals surface area contributed by atoms with Gasteiger partial charge in [-0.1, -0.05) is 30.3 Å². The van der Waals surface area contributed by atoms with Crippen LogP contribution in [-0.2, 0) is 11.2 Å². The van der Waals surface area contributed by atoms with Crippen molar-refractivity contribution in [1.29, 1.82) is 0 Å². The van der Waals surface area contributed by atoms with Crippen molar-refractivity contribution in [1.82, 2.24) is 35.1 Å². The summed E-state index contributed by atoms with van der Waals surface area (Å²) in [6.07, 6.45) is 7.44. The number of hydrogen-bond acceptors (Lipinski definition) is 9. The van der Waals surface area contributed by atoms with E-state index in [1.54, 1.807) is 12.4 Å². The van der Waals surface area contributed by atoms with E-state index in [9.17, 15) is 4.79 Å². The number of amides is 1. The Morgan fingerprint density at radius 1 is 1.00 bits per heavy atom. The molecule has 0 radical (unpaired) electrons. The SMILES string of the molecule is CN1CCN(c2ccnc3nc(C4=C5NC5Nc5cnc(-c6cncc(NC(=O)Cc7ccccc7)c6)cc54)[nH]c23)CC1. The van der Waals surface area contributed by atoms with E-state index in [0.717, 1.165) is 82.5 Å². The summed E-state index contributed by atoms with van der Waals surface area (Å²) in [4.78, 5) is 39.7. The minimum atomic E-state index is -0.0972. The standard InChI is InChI=1S/C32H30N10O/c1-41-9-11-42(12-10-41)25-7-8-34-31-28(25)38-30(40-31)27-22-15-23(35-18-24(22)37-32-29(27)39-32)20-14-21(17-33-16-20)36-26(43)13-19-5-3-2-4-6-19/h2-8,14-18,32,37,39H,9-13H2,1H3,(H,36,43)(H,34,38,40). The molecule has 1 unspecified atom stereocenters. The Hall–Kier alpha value is -5.29. The molecule has 11 heteroatoms. The van der Waals surface area contributed by atoms with Crippen molar-refractivity contribution < 1.29 is 4.79 Å². The number of H-pyrrole nitrogens is 1. The van der Waals surface area contributed by atoms with Gasteiger partial charge < -0.3 is 30.7 Å². The van der Waals surface area contributed by atoms with E-state index in [1.807, 2.05) is 48.8 Å². The average Bonchev–Trinajstić information content (AvgIpc) is 3.67. The second-order valence-electron chi connectivity index (χ2n) is 11.2. The lowest BCUT2D eigenvalue weighted by atomic mass is 9.99. The molecule has 11 nitrogen and oxygen atoms in total. The van der Waals surface area contributed by atoms with Gasteiger partial charge in [0.25, 0.3) is 0 Å². The van der Waals surface area contributed by atoms with Gasteiger partial charge in [-0.05, 0) is 30.8 Å². The van der Waals surface area contributed by atoms with Gasteiger partial charge in [-0.3, -0.25) is 14.8 Å². The Morgan fingerprint density at radius 2 is 1.86 bits per heavy atom. The number of fused-ring (bicyclic) bond motifs is 3. The lowest BCUT2D eigenvalue weighted by Crippen LogP contribution is -2.44. The summed E-state index contributed by atoms with van der Waals surface area (Å²) >= 11 is 0. The molecule has 4 aromatic heterocycles. The molecule has 0 aliphatic carbocycles. The fraction of sp³-hybridized carbons (Fsp3) is 0.219. The molecule has 8 rings (SSSR count). The van der Waals surface area contributed by atoms with E-state index >= 15 is 0 Å². The highest BCUT2D eigenvalue weighted by molar-refractivity contribution is 5.96. The van der Waals surface area contributed by atoms with Crippen LogP contribution in [0.5, 0.6) is 0 Å². The van der Waals surface area contributed by atoms with E-state index in [1.165, 1.54) is 0 Å². The molecule has 2 fully saturated rings. The molecular formula is C32H30N10O. The van der Waals surface area contributed by atoms with Gasteiger partial charge in [0.15, 0.2) is 5.65 Å². The predicted octanol–water partition coefficient (Wildman–Crippen LogP) is 3.46. The third-order valence-corrected chi connectivity index (χ3v) is 8.22. The number of benzene rings is 1. The molecule has 3 aliphatic heterocycles. The maximum Gasteiger partial charge on any atom is 0.228 e. The van der Waals surface area contributed by atoms with Crippen molar-refractivity contribution in [3.63, 3.8) is 0 Å². The smallest absolute Gasteiger partial charge is 0.228 e. The summed E-state index contributed by atoms with van der Waals surface area (Å²) in [7, 11) is 2.16. The van der Waals surface area contributed by atoms with Crippen molar-refractivity contribution in [3.8, 4) is 11.3 Å². The molecular weight excluding hydrogens is 540 g/mol. The normalized spacial score (nSPS) is 17.6. The topological polar surface area (TPSA) is 137 Å². The van der Waals surface area contributed by atoms with Gasteiger partial charge in [0, 0.05) is 55.3 Å². The van der Waals surface area contributed by atoms with Crippen molar-refractivity contribution in [2.24, 2.45) is 0 Å². The molecule has 7 heterocycles. The maximum atomic E-state index is 12.7. The molecule has 1 aromatic carbocycles. The quantitative estimate of drug-likeness (QED) is 0.226. The summed E-state index contributed by atoms with van der Waals surface area (Å²) in [6.45, 7) is 3.97. The number of carbonyl (C=O) groups is 1. The molecule has 43 heavy (non-hydrogen) atoms. The first-order valence-corrected chi connectivity index (χ1v) is 14.4. The molecule has 1 amide bonds. The first kappa shape index (κ1) is 25.4. The molecule has 3 aliphatic rings. The van der Waals surface area contributed by atoms with Gasteiger partial charge in [-0.15, -0.1) is 0 Å². The summed E-state index contributed by atoms with van der Waals surface area (Å²) in [6, 6.07) is 15.7. The number of nitrogens with zero attached hydrogens (tertiary/aromatic N) is 6. The van der Waals surface area contributed by atoms with Crippen LogP contribution in [0.25, 0.3) is 28.0 Å². The fourth-order valence-corrected chi connectivity index (χ4v) is 5.89. The number of aromatic nitrogens is 5. The van der Waals surface area contributed by atoms with Crippen molar-refractivity contribution in [2.75, 3.05) is 48.8 Å². The van der Waals surface area contributed by atoms with Crippen LogP contribution in [-0.4, -0.2) is 75.1 Å². The number of likely N-dealkylation sites (N-methyl/N-ethyl adjacent to an activating group) is 1. The monoisotopic (exact) mass is 570 g/mol. The van der Waals surface area contributed by atoms with E-state index in [2.05, 4.69) is 59.9 Å². The zero-order chi connectivity index (χ0) is 28.9. The van der Waals surface area contributed by atoms with E-state index in [0.29, 0.717) is 17.8 Å². The number of nitrogens with one attached hydrogen (secondary N) is 4. The predicted molar refractivity (Wildman–Crippen MR) is 166 cm³/mol. The molecule has 5 aromatic rings. The first-order valence-electron chi connectivity index (χ1n) is 14.4. The minimum absolute atomic E-state index is 0.0539. The van der Waals surface area contributed by atoms with Crippen LogP contribution in [0.2, 0.25) is 0 Å². The molecule has 4 N–H and O–H groups in total. The number of pyridine rings is 3. The molecule has 1 atom stereocenters. The van der Waals surface area contributed by atoms with Crippen LogP contribution in [0.1, 0.15) is 17.0 Å².